The van der Waals surface area contributed by atoms with Crippen LogP contribution in [-0.2, 0) is 20.0 Å². The second-order valence-corrected chi connectivity index (χ2v) is 5.03. The monoisotopic (exact) mass is 286 g/mol. The van der Waals surface area contributed by atoms with Gasteiger partial charge in [0, 0.05) is 19.8 Å². The molecule has 0 N–H and O–H groups in total. The first-order chi connectivity index (χ1) is 10.0. The van der Waals surface area contributed by atoms with Crippen LogP contribution in [0.4, 0.5) is 0 Å². The van der Waals surface area contributed by atoms with Crippen LogP contribution < -0.4 is 11.2 Å². The largest absolute Gasteiger partial charge is 0.330 e. The maximum Gasteiger partial charge on any atom is 0.330 e. The molecule has 0 saturated carbocycles. The van der Waals surface area contributed by atoms with E-state index >= 15 is 0 Å². The minimum absolute atomic E-state index is 0.0526. The molecule has 5 nitrogen and oxygen atoms in total. The van der Waals surface area contributed by atoms with Gasteiger partial charge in [0.2, 0.25) is 0 Å². The number of hydrogen-bond donors (Lipinski definition) is 0. The Labute approximate surface area is 122 Å². The molecule has 1 heterocycles. The molecule has 1 aromatic carbocycles. The van der Waals surface area contributed by atoms with Crippen molar-refractivity contribution in [1.82, 2.24) is 9.13 Å². The van der Waals surface area contributed by atoms with Gasteiger partial charge in [0.15, 0.2) is 5.78 Å². The minimum atomic E-state index is -0.535. The normalized spacial score (nSPS) is 10.6. The highest BCUT2D eigenvalue weighted by atomic mass is 16.2. The van der Waals surface area contributed by atoms with E-state index < -0.39 is 11.2 Å². The van der Waals surface area contributed by atoms with E-state index in [-0.39, 0.29) is 11.3 Å². The summed E-state index contributed by atoms with van der Waals surface area (Å²) in [5.74, 6) is -0.326. The first-order valence-electron chi connectivity index (χ1n) is 6.86. The van der Waals surface area contributed by atoms with Crippen LogP contribution in [0.5, 0.6) is 0 Å². The molecule has 0 radical (unpaired) electrons. The number of aromatic nitrogens is 2. The molecule has 1 aromatic heterocycles. The smallest absolute Gasteiger partial charge is 0.300 e. The number of ketones is 1. The second kappa shape index (κ2) is 6.35. The number of carbonyl (C=O) groups is 1. The molecule has 0 aliphatic heterocycles. The molecule has 5 heteroatoms. The Bertz CT molecular complexity index is 757. The first kappa shape index (κ1) is 15.0. The Balaban J connectivity index is 2.19. The molecule has 0 spiro atoms. The SMILES string of the molecule is CC(=O)c1cn(CCCc2ccccc2)c(=O)n(C)c1=O. The fourth-order valence-corrected chi connectivity index (χ4v) is 2.23. The van der Waals surface area contributed by atoms with E-state index in [1.165, 1.54) is 30.3 Å². The molecule has 0 aliphatic rings. The predicted molar refractivity (Wildman–Crippen MR) is 80.7 cm³/mol. The lowest BCUT2D eigenvalue weighted by atomic mass is 10.1. The lowest BCUT2D eigenvalue weighted by Gasteiger charge is -2.09. The lowest BCUT2D eigenvalue weighted by molar-refractivity contribution is 0.101. The number of aryl methyl sites for hydroxylation is 2. The van der Waals surface area contributed by atoms with Crippen LogP contribution in [0.25, 0.3) is 0 Å². The second-order valence-electron chi connectivity index (χ2n) is 5.03. The van der Waals surface area contributed by atoms with E-state index in [1.54, 1.807) is 0 Å². The quantitative estimate of drug-likeness (QED) is 0.780. The van der Waals surface area contributed by atoms with Gasteiger partial charge in [-0.15, -0.1) is 0 Å². The van der Waals surface area contributed by atoms with E-state index in [2.05, 4.69) is 0 Å². The van der Waals surface area contributed by atoms with Crippen molar-refractivity contribution in [3.05, 3.63) is 68.5 Å². The van der Waals surface area contributed by atoms with E-state index in [1.807, 2.05) is 30.3 Å². The van der Waals surface area contributed by atoms with Crippen LogP contribution in [-0.4, -0.2) is 14.9 Å². The van der Waals surface area contributed by atoms with Gasteiger partial charge in [0.25, 0.3) is 5.56 Å². The van der Waals surface area contributed by atoms with Crippen LogP contribution in [0.2, 0.25) is 0 Å². The van der Waals surface area contributed by atoms with E-state index in [0.717, 1.165) is 17.4 Å². The van der Waals surface area contributed by atoms with Crippen molar-refractivity contribution in [1.29, 1.82) is 0 Å². The van der Waals surface area contributed by atoms with Crippen molar-refractivity contribution in [2.24, 2.45) is 7.05 Å². The van der Waals surface area contributed by atoms with Gasteiger partial charge in [-0.3, -0.25) is 18.7 Å². The fraction of sp³-hybridized carbons (Fsp3) is 0.312. The third kappa shape index (κ3) is 3.37. The van der Waals surface area contributed by atoms with Crippen molar-refractivity contribution >= 4 is 5.78 Å². The summed E-state index contributed by atoms with van der Waals surface area (Å²) in [6.45, 7) is 1.80. The predicted octanol–water partition coefficient (Wildman–Crippen LogP) is 1.38. The third-order valence-corrected chi connectivity index (χ3v) is 3.44. The molecule has 0 unspecified atom stereocenters. The lowest BCUT2D eigenvalue weighted by Crippen LogP contribution is -2.40. The molecular formula is C16H18N2O3. The number of nitrogens with zero attached hydrogens (tertiary/aromatic N) is 2. The zero-order chi connectivity index (χ0) is 15.4. The van der Waals surface area contributed by atoms with Crippen molar-refractivity contribution < 1.29 is 4.79 Å². The summed E-state index contributed by atoms with van der Waals surface area (Å²) < 4.78 is 2.42. The van der Waals surface area contributed by atoms with Gasteiger partial charge in [-0.05, 0) is 25.3 Å². The minimum Gasteiger partial charge on any atom is -0.300 e. The van der Waals surface area contributed by atoms with E-state index in [0.29, 0.717) is 6.54 Å². The summed E-state index contributed by atoms with van der Waals surface area (Å²) in [6, 6.07) is 9.97. The third-order valence-electron chi connectivity index (χ3n) is 3.44. The van der Waals surface area contributed by atoms with Crippen molar-refractivity contribution in [2.45, 2.75) is 26.3 Å². The van der Waals surface area contributed by atoms with E-state index in [4.69, 9.17) is 0 Å². The number of hydrogen-bond acceptors (Lipinski definition) is 3. The zero-order valence-electron chi connectivity index (χ0n) is 12.2. The molecule has 21 heavy (non-hydrogen) atoms. The van der Waals surface area contributed by atoms with Crippen LogP contribution in [0.15, 0.2) is 46.1 Å². The Morgan fingerprint density at radius 1 is 1.14 bits per heavy atom. The number of benzene rings is 1. The fourth-order valence-electron chi connectivity index (χ4n) is 2.23. The van der Waals surface area contributed by atoms with Crippen LogP contribution >= 0.6 is 0 Å². The van der Waals surface area contributed by atoms with Gasteiger partial charge < -0.3 is 0 Å². The summed E-state index contributed by atoms with van der Waals surface area (Å²) in [5.41, 5.74) is 0.323. The summed E-state index contributed by atoms with van der Waals surface area (Å²) in [4.78, 5) is 35.3. The molecule has 2 aromatic rings. The number of rotatable bonds is 5. The molecule has 110 valence electrons. The van der Waals surface area contributed by atoms with Gasteiger partial charge in [0.1, 0.15) is 0 Å². The molecule has 2 rings (SSSR count). The van der Waals surface area contributed by atoms with Crippen molar-refractivity contribution in [2.75, 3.05) is 0 Å². The summed E-state index contributed by atoms with van der Waals surface area (Å²) in [6.07, 6.45) is 2.98. The maximum absolute atomic E-state index is 12.0. The average molecular weight is 286 g/mol. The Morgan fingerprint density at radius 2 is 1.81 bits per heavy atom. The van der Waals surface area contributed by atoms with Crippen LogP contribution in [0.1, 0.15) is 29.3 Å². The highest BCUT2D eigenvalue weighted by molar-refractivity contribution is 5.93. The molecule has 0 atom stereocenters. The van der Waals surface area contributed by atoms with Gasteiger partial charge >= 0.3 is 5.69 Å². The van der Waals surface area contributed by atoms with Gasteiger partial charge in [-0.25, -0.2) is 4.79 Å². The van der Waals surface area contributed by atoms with E-state index in [9.17, 15) is 14.4 Å². The molecule has 0 bridgehead atoms. The topological polar surface area (TPSA) is 61.1 Å². The van der Waals surface area contributed by atoms with Gasteiger partial charge in [-0.1, -0.05) is 30.3 Å². The summed E-state index contributed by atoms with van der Waals surface area (Å²) in [5, 5.41) is 0. The zero-order valence-corrected chi connectivity index (χ0v) is 12.2. The Kier molecular flexibility index (Phi) is 4.52. The molecular weight excluding hydrogens is 268 g/mol. The molecule has 0 fully saturated rings. The van der Waals surface area contributed by atoms with Crippen molar-refractivity contribution in [3.63, 3.8) is 0 Å². The highest BCUT2D eigenvalue weighted by Gasteiger charge is 2.11. The van der Waals surface area contributed by atoms with Gasteiger partial charge in [-0.2, -0.15) is 0 Å². The Hall–Kier alpha value is -2.43. The first-order valence-corrected chi connectivity index (χ1v) is 6.86. The van der Waals surface area contributed by atoms with Crippen LogP contribution in [0, 0.1) is 0 Å². The average Bonchev–Trinajstić information content (AvgIpc) is 2.48. The number of Topliss-reactive ketones (excluding diaryl/α,β-unsaturated/α-hetero) is 1. The molecule has 0 saturated heterocycles. The van der Waals surface area contributed by atoms with Gasteiger partial charge in [0.05, 0.1) is 5.56 Å². The summed E-state index contributed by atoms with van der Waals surface area (Å²) >= 11 is 0. The maximum atomic E-state index is 12.0. The Morgan fingerprint density at radius 3 is 2.43 bits per heavy atom. The summed E-state index contributed by atoms with van der Waals surface area (Å²) in [7, 11) is 1.39. The highest BCUT2D eigenvalue weighted by Crippen LogP contribution is 2.03. The standard InChI is InChI=1S/C16H18N2O3/c1-12(19)14-11-18(16(21)17(2)15(14)20)10-6-9-13-7-4-3-5-8-13/h3-5,7-8,11H,6,9-10H2,1-2H3. The number of carbonyl (C=O) groups excluding carboxylic acids is 1. The molecule has 0 amide bonds. The van der Waals surface area contributed by atoms with Crippen molar-refractivity contribution in [3.8, 4) is 0 Å². The molecule has 0 aliphatic carbocycles. The van der Waals surface area contributed by atoms with Crippen LogP contribution in [0.3, 0.4) is 0 Å².